The summed E-state index contributed by atoms with van der Waals surface area (Å²) in [6.07, 6.45) is 2.06. The van der Waals surface area contributed by atoms with Gasteiger partial charge in [0.2, 0.25) is 0 Å². The summed E-state index contributed by atoms with van der Waals surface area (Å²) in [6, 6.07) is 3.86. The minimum Gasteiger partial charge on any atom is -0.393 e. The topological polar surface area (TPSA) is 113 Å². The van der Waals surface area contributed by atoms with Crippen molar-refractivity contribution >= 4 is 0 Å². The fourth-order valence-corrected chi connectivity index (χ4v) is 1.57. The molecule has 18 heavy (non-hydrogen) atoms. The molecule has 0 bridgehead atoms. The predicted molar refractivity (Wildman–Crippen MR) is 65.5 cm³/mol. The summed E-state index contributed by atoms with van der Waals surface area (Å²) in [5, 5.41) is 44.3. The molecule has 6 nitrogen and oxygen atoms in total. The molecule has 2 N–H and O–H groups in total. The third kappa shape index (κ3) is 4.06. The first-order valence-corrected chi connectivity index (χ1v) is 6.06. The van der Waals surface area contributed by atoms with Crippen molar-refractivity contribution in [1.82, 2.24) is 0 Å². The summed E-state index contributed by atoms with van der Waals surface area (Å²) < 4.78 is 0. The number of nitrogens with zero attached hydrogens (tertiary/aromatic N) is 4. The van der Waals surface area contributed by atoms with Gasteiger partial charge in [-0.2, -0.15) is 20.8 Å². The number of azo groups is 1. The third-order valence-electron chi connectivity index (χ3n) is 2.70. The van der Waals surface area contributed by atoms with E-state index < -0.39 is 24.3 Å². The molecule has 0 aromatic rings. The highest BCUT2D eigenvalue weighted by molar-refractivity contribution is 5.10. The van der Waals surface area contributed by atoms with Crippen LogP contribution in [-0.4, -0.2) is 34.5 Å². The van der Waals surface area contributed by atoms with E-state index >= 15 is 0 Å². The van der Waals surface area contributed by atoms with E-state index in [-0.39, 0.29) is 0 Å². The Balaban J connectivity index is 5.17. The lowest BCUT2D eigenvalue weighted by Gasteiger charge is -2.21. The zero-order chi connectivity index (χ0) is 14.1. The molecule has 2 unspecified atom stereocenters. The van der Waals surface area contributed by atoms with Crippen molar-refractivity contribution in [2.24, 2.45) is 10.2 Å². The Morgan fingerprint density at radius 3 is 1.39 bits per heavy atom. The van der Waals surface area contributed by atoms with Crippen molar-refractivity contribution in [1.29, 1.82) is 10.5 Å². The molecule has 0 saturated carbocycles. The lowest BCUT2D eigenvalue weighted by atomic mass is 9.96. The van der Waals surface area contributed by atoms with Gasteiger partial charge in [0.15, 0.2) is 11.1 Å². The van der Waals surface area contributed by atoms with Crippen LogP contribution in [0.15, 0.2) is 10.2 Å². The normalized spacial score (nSPS) is 17.7. The van der Waals surface area contributed by atoms with E-state index in [1.165, 1.54) is 0 Å². The number of aliphatic hydroxyl groups is 2. The second-order valence-corrected chi connectivity index (χ2v) is 4.30. The van der Waals surface area contributed by atoms with E-state index in [1.807, 2.05) is 26.0 Å². The van der Waals surface area contributed by atoms with Crippen LogP contribution in [0.4, 0.5) is 0 Å². The van der Waals surface area contributed by atoms with Gasteiger partial charge in [0.05, 0.1) is 25.4 Å². The quantitative estimate of drug-likeness (QED) is 0.638. The molecule has 0 aromatic carbocycles. The number of nitriles is 2. The van der Waals surface area contributed by atoms with E-state index in [9.17, 15) is 10.2 Å². The number of hydrogen-bond donors (Lipinski definition) is 2. The monoisotopic (exact) mass is 252 g/mol. The summed E-state index contributed by atoms with van der Waals surface area (Å²) in [7, 11) is 0. The van der Waals surface area contributed by atoms with Crippen molar-refractivity contribution < 1.29 is 10.2 Å². The van der Waals surface area contributed by atoms with E-state index in [0.29, 0.717) is 25.7 Å². The minimum atomic E-state index is -1.31. The smallest absolute Gasteiger partial charge is 0.190 e. The van der Waals surface area contributed by atoms with Crippen molar-refractivity contribution in [3.63, 3.8) is 0 Å². The highest BCUT2D eigenvalue weighted by Crippen LogP contribution is 2.23. The Bertz CT molecular complexity index is 324. The van der Waals surface area contributed by atoms with Crippen molar-refractivity contribution in [2.45, 2.75) is 50.6 Å². The SMILES string of the molecule is CCCC(C#N)(CO)/N=N/C(C#N)(CO)CCC. The molecular weight excluding hydrogens is 232 g/mol. The van der Waals surface area contributed by atoms with Gasteiger partial charge in [-0.1, -0.05) is 26.7 Å². The molecule has 0 amide bonds. The molecule has 100 valence electrons. The fourth-order valence-electron chi connectivity index (χ4n) is 1.57. The average Bonchev–Trinajstić information content (AvgIpc) is 2.42. The van der Waals surface area contributed by atoms with Crippen LogP contribution in [0.25, 0.3) is 0 Å². The summed E-state index contributed by atoms with van der Waals surface area (Å²) in [5.41, 5.74) is -2.61. The van der Waals surface area contributed by atoms with E-state index in [0.717, 1.165) is 0 Å². The average molecular weight is 252 g/mol. The van der Waals surface area contributed by atoms with Crippen LogP contribution in [0.2, 0.25) is 0 Å². The number of aliphatic hydroxyl groups excluding tert-OH is 2. The van der Waals surface area contributed by atoms with E-state index in [4.69, 9.17) is 10.5 Å². The molecule has 0 aliphatic heterocycles. The first-order chi connectivity index (χ1) is 8.57. The highest BCUT2D eigenvalue weighted by atomic mass is 16.3. The number of hydrogen-bond acceptors (Lipinski definition) is 6. The second-order valence-electron chi connectivity index (χ2n) is 4.30. The fraction of sp³-hybridized carbons (Fsp3) is 0.833. The first kappa shape index (κ1) is 16.5. The summed E-state index contributed by atoms with van der Waals surface area (Å²) in [5.74, 6) is 0. The maximum Gasteiger partial charge on any atom is 0.190 e. The molecule has 0 aliphatic rings. The molecule has 0 aliphatic carbocycles. The van der Waals surface area contributed by atoms with Crippen molar-refractivity contribution in [3.05, 3.63) is 0 Å². The molecule has 0 radical (unpaired) electrons. The van der Waals surface area contributed by atoms with Gasteiger partial charge in [-0.3, -0.25) is 0 Å². The lowest BCUT2D eigenvalue weighted by Crippen LogP contribution is -2.33. The molecule has 0 saturated heterocycles. The largest absolute Gasteiger partial charge is 0.393 e. The maximum absolute atomic E-state index is 9.26. The maximum atomic E-state index is 9.26. The van der Waals surface area contributed by atoms with Crippen LogP contribution in [-0.2, 0) is 0 Å². The van der Waals surface area contributed by atoms with Crippen molar-refractivity contribution in [2.75, 3.05) is 13.2 Å². The minimum absolute atomic E-state index is 0.364. The van der Waals surface area contributed by atoms with Gasteiger partial charge < -0.3 is 10.2 Å². The molecule has 6 heteroatoms. The Morgan fingerprint density at radius 1 is 0.889 bits per heavy atom. The van der Waals surface area contributed by atoms with Crippen LogP contribution in [0, 0.1) is 22.7 Å². The predicted octanol–water partition coefficient (Wildman–Crippen LogP) is 1.55. The van der Waals surface area contributed by atoms with Gasteiger partial charge in [-0.15, -0.1) is 0 Å². The first-order valence-electron chi connectivity index (χ1n) is 6.06. The Labute approximate surface area is 108 Å². The molecule has 0 fully saturated rings. The van der Waals surface area contributed by atoms with Gasteiger partial charge in [0.25, 0.3) is 0 Å². The highest BCUT2D eigenvalue weighted by Gasteiger charge is 2.33. The molecule has 0 heterocycles. The van der Waals surface area contributed by atoms with E-state index in [2.05, 4.69) is 10.2 Å². The molecule has 0 rings (SSSR count). The van der Waals surface area contributed by atoms with Gasteiger partial charge >= 0.3 is 0 Å². The number of rotatable bonds is 8. The lowest BCUT2D eigenvalue weighted by molar-refractivity contribution is 0.195. The summed E-state index contributed by atoms with van der Waals surface area (Å²) in [4.78, 5) is 0. The molecule has 0 spiro atoms. The van der Waals surface area contributed by atoms with Crippen LogP contribution in [0.5, 0.6) is 0 Å². The third-order valence-corrected chi connectivity index (χ3v) is 2.70. The van der Waals surface area contributed by atoms with Crippen molar-refractivity contribution in [3.8, 4) is 12.1 Å². The van der Waals surface area contributed by atoms with Crippen LogP contribution in [0.3, 0.4) is 0 Å². The van der Waals surface area contributed by atoms with E-state index in [1.54, 1.807) is 0 Å². The van der Waals surface area contributed by atoms with Crippen LogP contribution < -0.4 is 0 Å². The second kappa shape index (κ2) is 7.75. The van der Waals surface area contributed by atoms with Crippen LogP contribution in [0.1, 0.15) is 39.5 Å². The summed E-state index contributed by atoms with van der Waals surface area (Å²) in [6.45, 7) is 2.85. The van der Waals surface area contributed by atoms with Gasteiger partial charge in [-0.05, 0) is 12.8 Å². The molecule has 0 aromatic heterocycles. The molecule has 2 atom stereocenters. The van der Waals surface area contributed by atoms with Crippen LogP contribution >= 0.6 is 0 Å². The summed E-state index contributed by atoms with van der Waals surface area (Å²) >= 11 is 0. The Kier molecular flexibility index (Phi) is 7.11. The zero-order valence-electron chi connectivity index (χ0n) is 10.9. The Hall–Kier alpha value is -1.50. The van der Waals surface area contributed by atoms with Gasteiger partial charge in [0, 0.05) is 0 Å². The Morgan fingerprint density at radius 2 is 1.22 bits per heavy atom. The zero-order valence-corrected chi connectivity index (χ0v) is 10.9. The van der Waals surface area contributed by atoms with Gasteiger partial charge in [-0.25, -0.2) is 0 Å². The van der Waals surface area contributed by atoms with Gasteiger partial charge in [0.1, 0.15) is 0 Å². The molecular formula is C12H20N4O2. The standard InChI is InChI=1S/C12H20N4O2/c1-3-5-11(7-13,9-17)15-16-12(8-14,10-18)6-4-2/h17-18H,3-6,9-10H2,1-2H3/b16-15+.